The first-order chi connectivity index (χ1) is 12.5. The van der Waals surface area contributed by atoms with Crippen LogP contribution < -0.4 is 15.5 Å². The molecule has 134 valence electrons. The van der Waals surface area contributed by atoms with Gasteiger partial charge in [0.2, 0.25) is 0 Å². The molecule has 2 atom stereocenters. The second kappa shape index (κ2) is 8.07. The zero-order valence-corrected chi connectivity index (χ0v) is 15.5. The molecule has 6 nitrogen and oxygen atoms in total. The number of aromatic nitrogens is 1. The van der Waals surface area contributed by atoms with Gasteiger partial charge in [0.15, 0.2) is 11.6 Å². The number of para-hydroxylation sites is 2. The Kier molecular flexibility index (Phi) is 5.60. The van der Waals surface area contributed by atoms with Gasteiger partial charge >= 0.3 is 6.03 Å². The number of amides is 3. The van der Waals surface area contributed by atoms with Crippen molar-refractivity contribution in [3.8, 4) is 0 Å². The molecule has 3 aromatic rings. The van der Waals surface area contributed by atoms with E-state index >= 15 is 0 Å². The lowest BCUT2D eigenvalue weighted by molar-refractivity contribution is -0.902. The lowest BCUT2D eigenvalue weighted by Gasteiger charge is -2.19. The third-order valence-electron chi connectivity index (χ3n) is 4.14. The summed E-state index contributed by atoms with van der Waals surface area (Å²) in [4.78, 5) is 29.7. The Morgan fingerprint density at radius 3 is 2.54 bits per heavy atom. The van der Waals surface area contributed by atoms with Gasteiger partial charge in [0.1, 0.15) is 6.04 Å². The van der Waals surface area contributed by atoms with Crippen LogP contribution in [0.4, 0.5) is 10.5 Å². The minimum atomic E-state index is -0.526. The highest BCUT2D eigenvalue weighted by molar-refractivity contribution is 7.18. The van der Waals surface area contributed by atoms with Crippen molar-refractivity contribution in [3.05, 3.63) is 59.6 Å². The Morgan fingerprint density at radius 1 is 1.12 bits per heavy atom. The van der Waals surface area contributed by atoms with Crippen molar-refractivity contribution in [2.45, 2.75) is 13.0 Å². The summed E-state index contributed by atoms with van der Waals surface area (Å²) in [5.74, 6) is -0.330. The van der Waals surface area contributed by atoms with Crippen LogP contribution in [0.1, 0.15) is 18.0 Å². The van der Waals surface area contributed by atoms with Crippen LogP contribution in [-0.4, -0.2) is 30.5 Å². The summed E-state index contributed by atoms with van der Waals surface area (Å²) in [6.45, 7) is 2.21. The van der Waals surface area contributed by atoms with Gasteiger partial charge < -0.3 is 10.2 Å². The quantitative estimate of drug-likeness (QED) is 0.645. The van der Waals surface area contributed by atoms with Gasteiger partial charge in [0.05, 0.1) is 17.3 Å². The molecular formula is C19H21N4O2S+. The number of likely N-dealkylation sites (N-methyl/N-ethyl adjacent to an activating group) is 1. The number of nitrogens with zero attached hydrogens (tertiary/aromatic N) is 1. The van der Waals surface area contributed by atoms with E-state index in [1.54, 1.807) is 23.5 Å². The number of anilines is 1. The monoisotopic (exact) mass is 369 g/mol. The van der Waals surface area contributed by atoms with Gasteiger partial charge in [-0.1, -0.05) is 30.3 Å². The highest BCUT2D eigenvalue weighted by atomic mass is 32.1. The molecule has 1 heterocycles. The van der Waals surface area contributed by atoms with E-state index in [1.807, 2.05) is 56.4 Å². The summed E-state index contributed by atoms with van der Waals surface area (Å²) in [7, 11) is 1.92. The molecule has 0 spiro atoms. The van der Waals surface area contributed by atoms with Crippen molar-refractivity contribution >= 4 is 39.2 Å². The number of thiazole rings is 1. The molecule has 3 amide bonds. The topological polar surface area (TPSA) is 75.5 Å². The normalized spacial score (nSPS) is 13.2. The minimum Gasteiger partial charge on any atom is -0.322 e. The van der Waals surface area contributed by atoms with Gasteiger partial charge in [0, 0.05) is 5.69 Å². The van der Waals surface area contributed by atoms with E-state index in [4.69, 9.17) is 0 Å². The van der Waals surface area contributed by atoms with E-state index in [1.165, 1.54) is 0 Å². The fourth-order valence-corrected chi connectivity index (χ4v) is 3.66. The SMILES string of the molecule is C[C@H](c1nc2ccccc2s1)[NH+](C)CC(=O)NC(=O)Nc1ccccc1. The van der Waals surface area contributed by atoms with Crippen molar-refractivity contribution in [1.29, 1.82) is 0 Å². The number of nitrogens with one attached hydrogen (secondary N) is 3. The molecule has 3 rings (SSSR count). The molecule has 1 unspecified atom stereocenters. The Labute approximate surface area is 155 Å². The lowest BCUT2D eigenvalue weighted by Crippen LogP contribution is -3.10. The van der Waals surface area contributed by atoms with Crippen LogP contribution in [0, 0.1) is 0 Å². The van der Waals surface area contributed by atoms with E-state index < -0.39 is 6.03 Å². The van der Waals surface area contributed by atoms with Crippen LogP contribution in [-0.2, 0) is 4.79 Å². The number of carbonyl (C=O) groups is 2. The molecule has 0 bridgehead atoms. The van der Waals surface area contributed by atoms with Gasteiger partial charge in [0.25, 0.3) is 5.91 Å². The van der Waals surface area contributed by atoms with Gasteiger partial charge in [-0.05, 0) is 31.2 Å². The summed E-state index contributed by atoms with van der Waals surface area (Å²) in [6.07, 6.45) is 0. The number of carbonyl (C=O) groups excluding carboxylic acids is 2. The van der Waals surface area contributed by atoms with Crippen LogP contribution in [0.25, 0.3) is 10.2 Å². The van der Waals surface area contributed by atoms with Crippen LogP contribution in [0.2, 0.25) is 0 Å². The van der Waals surface area contributed by atoms with Gasteiger partial charge in [-0.2, -0.15) is 0 Å². The highest BCUT2D eigenvalue weighted by Gasteiger charge is 2.22. The van der Waals surface area contributed by atoms with Gasteiger partial charge in [-0.25, -0.2) is 9.78 Å². The second-order valence-electron chi connectivity index (χ2n) is 6.13. The third-order valence-corrected chi connectivity index (χ3v) is 5.36. The zero-order chi connectivity index (χ0) is 18.5. The van der Waals surface area contributed by atoms with E-state index in [-0.39, 0.29) is 18.5 Å². The van der Waals surface area contributed by atoms with E-state index in [9.17, 15) is 9.59 Å². The Balaban J connectivity index is 1.55. The number of benzene rings is 2. The Bertz CT molecular complexity index is 877. The smallest absolute Gasteiger partial charge is 0.322 e. The molecule has 2 aromatic carbocycles. The molecule has 26 heavy (non-hydrogen) atoms. The molecule has 0 radical (unpaired) electrons. The maximum atomic E-state index is 12.2. The zero-order valence-electron chi connectivity index (χ0n) is 14.7. The molecule has 3 N–H and O–H groups in total. The average Bonchev–Trinajstić information content (AvgIpc) is 3.05. The maximum absolute atomic E-state index is 12.2. The number of rotatable bonds is 5. The first-order valence-corrected chi connectivity index (χ1v) is 9.18. The van der Waals surface area contributed by atoms with Crippen LogP contribution in [0.15, 0.2) is 54.6 Å². The summed E-state index contributed by atoms with van der Waals surface area (Å²) < 4.78 is 1.13. The van der Waals surface area contributed by atoms with E-state index in [2.05, 4.69) is 15.6 Å². The summed E-state index contributed by atoms with van der Waals surface area (Å²) >= 11 is 1.63. The van der Waals surface area contributed by atoms with Crippen molar-refractivity contribution in [1.82, 2.24) is 10.3 Å². The average molecular weight is 369 g/mol. The summed E-state index contributed by atoms with van der Waals surface area (Å²) in [5, 5.41) is 5.98. The number of hydrogen-bond acceptors (Lipinski definition) is 4. The molecule has 0 fully saturated rings. The van der Waals surface area contributed by atoms with Crippen LogP contribution in [0.3, 0.4) is 0 Å². The number of quaternary nitrogens is 1. The molecule has 7 heteroatoms. The number of hydrogen-bond donors (Lipinski definition) is 3. The number of urea groups is 1. The summed E-state index contributed by atoms with van der Waals surface area (Å²) in [5.41, 5.74) is 1.61. The standard InChI is InChI=1S/C19H20N4O2S/c1-13(18-21-15-10-6-7-11-16(15)26-18)23(2)12-17(24)22-19(25)20-14-8-4-3-5-9-14/h3-11,13H,12H2,1-2H3,(H2,20,22,24,25)/p+1/t13-/m1/s1. The minimum absolute atomic E-state index is 0.0512. The molecule has 0 saturated heterocycles. The van der Waals surface area contributed by atoms with Gasteiger partial charge in [-0.15, -0.1) is 11.3 Å². The van der Waals surface area contributed by atoms with E-state index in [0.29, 0.717) is 5.69 Å². The molecule has 0 aliphatic rings. The number of imide groups is 1. The largest absolute Gasteiger partial charge is 0.326 e. The van der Waals surface area contributed by atoms with Crippen molar-refractivity contribution in [2.75, 3.05) is 18.9 Å². The fraction of sp³-hybridized carbons (Fsp3) is 0.211. The lowest BCUT2D eigenvalue weighted by atomic mass is 10.3. The molecule has 1 aromatic heterocycles. The fourth-order valence-electron chi connectivity index (χ4n) is 2.55. The predicted molar refractivity (Wildman–Crippen MR) is 103 cm³/mol. The van der Waals surface area contributed by atoms with Crippen LogP contribution >= 0.6 is 11.3 Å². The maximum Gasteiger partial charge on any atom is 0.326 e. The molecule has 0 saturated carbocycles. The van der Waals surface area contributed by atoms with Crippen molar-refractivity contribution in [2.24, 2.45) is 0 Å². The predicted octanol–water partition coefficient (Wildman–Crippen LogP) is 2.22. The molecule has 0 aliphatic heterocycles. The second-order valence-corrected chi connectivity index (χ2v) is 7.20. The summed E-state index contributed by atoms with van der Waals surface area (Å²) in [6, 6.07) is 16.5. The van der Waals surface area contributed by atoms with Crippen molar-refractivity contribution in [3.63, 3.8) is 0 Å². The third kappa shape index (κ3) is 4.44. The number of fused-ring (bicyclic) bond motifs is 1. The Morgan fingerprint density at radius 2 is 1.81 bits per heavy atom. The van der Waals surface area contributed by atoms with Gasteiger partial charge in [-0.3, -0.25) is 10.1 Å². The first-order valence-electron chi connectivity index (χ1n) is 8.36. The molecule has 0 aliphatic carbocycles. The Hall–Kier alpha value is -2.77. The van der Waals surface area contributed by atoms with E-state index in [0.717, 1.165) is 20.1 Å². The van der Waals surface area contributed by atoms with Crippen LogP contribution in [0.5, 0.6) is 0 Å². The van der Waals surface area contributed by atoms with Crippen molar-refractivity contribution < 1.29 is 14.5 Å². The highest BCUT2D eigenvalue weighted by Crippen LogP contribution is 2.24. The molecular weight excluding hydrogens is 348 g/mol. The first kappa shape index (κ1) is 18.0.